The van der Waals surface area contributed by atoms with Crippen LogP contribution in [0.4, 0.5) is 10.8 Å². The smallest absolute Gasteiger partial charge is 0.207 e. The topological polar surface area (TPSA) is 65.5 Å². The van der Waals surface area contributed by atoms with E-state index in [4.69, 9.17) is 14.2 Å². The van der Waals surface area contributed by atoms with Gasteiger partial charge in [-0.15, -0.1) is 0 Å². The highest BCUT2D eigenvalue weighted by Gasteiger charge is 2.05. The highest BCUT2D eigenvalue weighted by molar-refractivity contribution is 7.09. The van der Waals surface area contributed by atoms with Crippen LogP contribution in [0.2, 0.25) is 0 Å². The van der Waals surface area contributed by atoms with Crippen LogP contribution < -0.4 is 14.8 Å². The van der Waals surface area contributed by atoms with E-state index < -0.39 is 0 Å². The van der Waals surface area contributed by atoms with Crippen molar-refractivity contribution in [2.24, 2.45) is 0 Å². The predicted octanol–water partition coefficient (Wildman–Crippen LogP) is 4.27. The molecule has 3 aromatic rings. The van der Waals surface area contributed by atoms with Gasteiger partial charge in [0, 0.05) is 36.8 Å². The van der Waals surface area contributed by atoms with Gasteiger partial charge in [0.15, 0.2) is 0 Å². The molecule has 0 unspecified atom stereocenters. The van der Waals surface area contributed by atoms with Crippen LogP contribution in [-0.2, 0) is 11.2 Å². The van der Waals surface area contributed by atoms with E-state index in [9.17, 15) is 0 Å². The maximum atomic E-state index is 5.83. The van der Waals surface area contributed by atoms with Crippen LogP contribution in [0, 0.1) is 0 Å². The minimum absolute atomic E-state index is 0.618. The summed E-state index contributed by atoms with van der Waals surface area (Å²) in [6.07, 6.45) is 0.710. The van der Waals surface area contributed by atoms with Crippen LogP contribution in [-0.4, -0.2) is 30.2 Å². The molecule has 0 atom stereocenters. The first-order chi connectivity index (χ1) is 12.3. The molecule has 1 aromatic heterocycles. The van der Waals surface area contributed by atoms with Crippen molar-refractivity contribution in [3.8, 4) is 17.2 Å². The molecule has 6 nitrogen and oxygen atoms in total. The van der Waals surface area contributed by atoms with Crippen molar-refractivity contribution in [1.82, 2.24) is 9.36 Å². The van der Waals surface area contributed by atoms with Crippen molar-refractivity contribution in [3.63, 3.8) is 0 Å². The first kappa shape index (κ1) is 17.2. The molecule has 0 saturated heterocycles. The Morgan fingerprint density at radius 1 is 1.00 bits per heavy atom. The number of nitrogens with zero attached hydrogens (tertiary/aromatic N) is 2. The molecule has 130 valence electrons. The summed E-state index contributed by atoms with van der Waals surface area (Å²) < 4.78 is 20.3. The lowest BCUT2D eigenvalue weighted by atomic mass is 10.3. The molecule has 0 fully saturated rings. The average molecular weight is 357 g/mol. The molecule has 0 bridgehead atoms. The third kappa shape index (κ3) is 4.91. The zero-order valence-corrected chi connectivity index (χ0v) is 14.9. The van der Waals surface area contributed by atoms with E-state index >= 15 is 0 Å². The van der Waals surface area contributed by atoms with Crippen molar-refractivity contribution in [1.29, 1.82) is 0 Å². The summed E-state index contributed by atoms with van der Waals surface area (Å²) in [6, 6.07) is 15.2. The molecule has 0 aliphatic carbocycles. The van der Waals surface area contributed by atoms with E-state index in [0.717, 1.165) is 33.9 Å². The summed E-state index contributed by atoms with van der Waals surface area (Å²) in [5, 5.41) is 4.00. The molecule has 0 aliphatic heterocycles. The van der Waals surface area contributed by atoms with Crippen LogP contribution in [0.5, 0.6) is 17.2 Å². The van der Waals surface area contributed by atoms with E-state index in [1.54, 1.807) is 14.2 Å². The molecule has 7 heteroatoms. The van der Waals surface area contributed by atoms with Gasteiger partial charge in [-0.25, -0.2) is 4.98 Å². The highest BCUT2D eigenvalue weighted by atomic mass is 32.1. The number of anilines is 2. The zero-order chi connectivity index (χ0) is 17.5. The largest absolute Gasteiger partial charge is 0.497 e. The third-order valence-corrected chi connectivity index (χ3v) is 4.05. The molecule has 1 N–H and O–H groups in total. The molecular weight excluding hydrogens is 338 g/mol. The van der Waals surface area contributed by atoms with Gasteiger partial charge < -0.3 is 19.5 Å². The number of hydrogen-bond donors (Lipinski definition) is 1. The molecule has 0 radical (unpaired) electrons. The number of methoxy groups -OCH3 is 2. The summed E-state index contributed by atoms with van der Waals surface area (Å²) in [5.74, 6) is 3.02. The Kier molecular flexibility index (Phi) is 5.81. The molecule has 0 amide bonds. The molecule has 0 spiro atoms. The SMILES string of the molecule is COCCc1nsc(Nc2ccc(Oc3cccc(OC)c3)cc2)n1. The van der Waals surface area contributed by atoms with Crippen LogP contribution in [0.15, 0.2) is 48.5 Å². The van der Waals surface area contributed by atoms with Crippen LogP contribution in [0.3, 0.4) is 0 Å². The van der Waals surface area contributed by atoms with Crippen molar-refractivity contribution < 1.29 is 14.2 Å². The number of nitrogens with one attached hydrogen (secondary N) is 1. The van der Waals surface area contributed by atoms with Gasteiger partial charge >= 0.3 is 0 Å². The van der Waals surface area contributed by atoms with Gasteiger partial charge in [0.25, 0.3) is 0 Å². The van der Waals surface area contributed by atoms with Crippen molar-refractivity contribution in [2.75, 3.05) is 26.1 Å². The number of benzene rings is 2. The fourth-order valence-electron chi connectivity index (χ4n) is 2.13. The second kappa shape index (κ2) is 8.46. The minimum Gasteiger partial charge on any atom is -0.497 e. The fraction of sp³-hybridized carbons (Fsp3) is 0.222. The lowest BCUT2D eigenvalue weighted by molar-refractivity contribution is 0.201. The first-order valence-electron chi connectivity index (χ1n) is 7.77. The molecule has 0 aliphatic rings. The van der Waals surface area contributed by atoms with Gasteiger partial charge in [-0.2, -0.15) is 4.37 Å². The van der Waals surface area contributed by atoms with Crippen molar-refractivity contribution in [2.45, 2.75) is 6.42 Å². The Balaban J connectivity index is 1.60. The minimum atomic E-state index is 0.618. The fourth-order valence-corrected chi connectivity index (χ4v) is 2.76. The number of ether oxygens (including phenoxy) is 3. The Hall–Kier alpha value is -2.64. The lowest BCUT2D eigenvalue weighted by Gasteiger charge is -2.08. The van der Waals surface area contributed by atoms with Gasteiger partial charge in [0.05, 0.1) is 13.7 Å². The number of hydrogen-bond acceptors (Lipinski definition) is 7. The Bertz CT molecular complexity index is 805. The van der Waals surface area contributed by atoms with Gasteiger partial charge in [-0.3, -0.25) is 0 Å². The molecular formula is C18H19N3O3S. The molecule has 0 saturated carbocycles. The van der Waals surface area contributed by atoms with Crippen LogP contribution in [0.1, 0.15) is 5.82 Å². The summed E-state index contributed by atoms with van der Waals surface area (Å²) in [4.78, 5) is 4.42. The lowest BCUT2D eigenvalue weighted by Crippen LogP contribution is -1.96. The Morgan fingerprint density at radius 3 is 2.56 bits per heavy atom. The molecule has 3 rings (SSSR count). The summed E-state index contributed by atoms with van der Waals surface area (Å²) in [7, 11) is 3.30. The molecule has 1 heterocycles. The monoisotopic (exact) mass is 357 g/mol. The van der Waals surface area contributed by atoms with E-state index in [1.807, 2.05) is 48.5 Å². The number of aromatic nitrogens is 2. The molecule has 2 aromatic carbocycles. The van der Waals surface area contributed by atoms with Gasteiger partial charge in [-0.05, 0) is 36.4 Å². The summed E-state index contributed by atoms with van der Waals surface area (Å²) in [5.41, 5.74) is 0.924. The third-order valence-electron chi connectivity index (χ3n) is 3.38. The van der Waals surface area contributed by atoms with Crippen LogP contribution >= 0.6 is 11.5 Å². The second-order valence-corrected chi connectivity index (χ2v) is 5.94. The van der Waals surface area contributed by atoms with Gasteiger partial charge in [0.2, 0.25) is 5.13 Å². The molecule has 25 heavy (non-hydrogen) atoms. The average Bonchev–Trinajstić information content (AvgIpc) is 3.09. The van der Waals surface area contributed by atoms with Gasteiger partial charge in [0.1, 0.15) is 23.1 Å². The van der Waals surface area contributed by atoms with E-state index in [-0.39, 0.29) is 0 Å². The van der Waals surface area contributed by atoms with E-state index in [1.165, 1.54) is 11.5 Å². The maximum Gasteiger partial charge on any atom is 0.207 e. The van der Waals surface area contributed by atoms with Gasteiger partial charge in [-0.1, -0.05) is 6.07 Å². The summed E-state index contributed by atoms with van der Waals surface area (Å²) >= 11 is 1.33. The highest BCUT2D eigenvalue weighted by Crippen LogP contribution is 2.27. The predicted molar refractivity (Wildman–Crippen MR) is 98.3 cm³/mol. The van der Waals surface area contributed by atoms with E-state index in [2.05, 4.69) is 14.7 Å². The normalized spacial score (nSPS) is 10.5. The summed E-state index contributed by atoms with van der Waals surface area (Å²) in [6.45, 7) is 0.618. The standard InChI is InChI=1S/C18H19N3O3S/c1-22-11-10-17-20-18(25-21-17)19-13-6-8-14(9-7-13)24-16-5-3-4-15(12-16)23-2/h3-9,12H,10-11H2,1-2H3,(H,19,20,21). The Morgan fingerprint density at radius 2 is 1.80 bits per heavy atom. The van der Waals surface area contributed by atoms with Crippen molar-refractivity contribution in [3.05, 3.63) is 54.4 Å². The van der Waals surface area contributed by atoms with Crippen molar-refractivity contribution >= 4 is 22.4 Å². The maximum absolute atomic E-state index is 5.83. The second-order valence-electron chi connectivity index (χ2n) is 5.19. The number of rotatable bonds is 8. The quantitative estimate of drug-likeness (QED) is 0.649. The first-order valence-corrected chi connectivity index (χ1v) is 8.54. The van der Waals surface area contributed by atoms with E-state index in [0.29, 0.717) is 13.0 Å². The Labute approximate surface area is 150 Å². The zero-order valence-electron chi connectivity index (χ0n) is 14.1. The van der Waals surface area contributed by atoms with Crippen LogP contribution in [0.25, 0.3) is 0 Å².